The normalized spacial score (nSPS) is 31.4. The molecule has 4 fully saturated rings. The van der Waals surface area contributed by atoms with E-state index in [0.717, 1.165) is 60.9 Å². The molecular formula is C26H32Cl2N4O. The fourth-order valence-electron chi connectivity index (χ4n) is 7.59. The van der Waals surface area contributed by atoms with E-state index in [1.807, 2.05) is 18.2 Å². The lowest BCUT2D eigenvalue weighted by Gasteiger charge is -2.58. The molecule has 0 amide bonds. The minimum absolute atomic E-state index is 0.130. The molecule has 1 aliphatic heterocycles. The number of hydrogen-bond donors (Lipinski definition) is 2. The number of benzene rings is 1. The van der Waals surface area contributed by atoms with Crippen LogP contribution in [0.15, 0.2) is 24.5 Å². The molecule has 7 rings (SSSR count). The molecule has 1 unspecified atom stereocenters. The Morgan fingerprint density at radius 3 is 2.48 bits per heavy atom. The van der Waals surface area contributed by atoms with Crippen LogP contribution >= 0.6 is 23.2 Å². The van der Waals surface area contributed by atoms with Gasteiger partial charge in [-0.05, 0) is 85.8 Å². The van der Waals surface area contributed by atoms with E-state index in [2.05, 4.69) is 20.2 Å². The van der Waals surface area contributed by atoms with Crippen LogP contribution in [0.4, 0.5) is 5.82 Å². The molecule has 7 heteroatoms. The summed E-state index contributed by atoms with van der Waals surface area (Å²) in [6.07, 6.45) is 10.1. The molecule has 1 aromatic carbocycles. The summed E-state index contributed by atoms with van der Waals surface area (Å²) in [4.78, 5) is 11.5. The third-order valence-corrected chi connectivity index (χ3v) is 9.47. The number of nitrogens with zero attached hydrogens (tertiary/aromatic N) is 3. The number of anilines is 1. The van der Waals surface area contributed by atoms with Crippen molar-refractivity contribution in [2.24, 2.45) is 23.2 Å². The van der Waals surface area contributed by atoms with E-state index >= 15 is 0 Å². The highest BCUT2D eigenvalue weighted by molar-refractivity contribution is 6.42. The van der Waals surface area contributed by atoms with Crippen LogP contribution in [-0.2, 0) is 19.5 Å². The number of nitrogens with one attached hydrogen (secondary N) is 1. The van der Waals surface area contributed by atoms with Gasteiger partial charge in [0.25, 0.3) is 0 Å². The van der Waals surface area contributed by atoms with Gasteiger partial charge in [-0.1, -0.05) is 29.3 Å². The van der Waals surface area contributed by atoms with E-state index in [4.69, 9.17) is 23.2 Å². The molecule has 176 valence electrons. The summed E-state index contributed by atoms with van der Waals surface area (Å²) in [6.45, 7) is 3.12. The molecule has 1 aromatic heterocycles. The maximum absolute atomic E-state index is 11.3. The zero-order valence-corrected chi connectivity index (χ0v) is 20.5. The number of fused-ring (bicyclic) bond motifs is 1. The molecule has 4 aliphatic carbocycles. The number of aliphatic hydroxyl groups is 1. The lowest BCUT2D eigenvalue weighted by Crippen LogP contribution is -2.53. The van der Waals surface area contributed by atoms with Crippen molar-refractivity contribution in [3.8, 4) is 0 Å². The minimum Gasteiger partial charge on any atom is -0.391 e. The Morgan fingerprint density at radius 1 is 1.06 bits per heavy atom. The van der Waals surface area contributed by atoms with Gasteiger partial charge in [0, 0.05) is 31.7 Å². The Balaban J connectivity index is 1.11. The summed E-state index contributed by atoms with van der Waals surface area (Å²) in [7, 11) is 0. The van der Waals surface area contributed by atoms with E-state index in [1.54, 1.807) is 6.33 Å². The molecule has 0 spiro atoms. The van der Waals surface area contributed by atoms with Gasteiger partial charge in [-0.3, -0.25) is 4.90 Å². The lowest BCUT2D eigenvalue weighted by molar-refractivity contribution is -0.115. The molecule has 0 radical (unpaired) electrons. The van der Waals surface area contributed by atoms with E-state index in [9.17, 15) is 5.11 Å². The Labute approximate surface area is 205 Å². The van der Waals surface area contributed by atoms with Crippen LogP contribution in [0.3, 0.4) is 0 Å². The van der Waals surface area contributed by atoms with Gasteiger partial charge in [-0.2, -0.15) is 0 Å². The van der Waals surface area contributed by atoms with Crippen LogP contribution in [0, 0.1) is 23.2 Å². The number of aliphatic hydroxyl groups excluding tert-OH is 1. The van der Waals surface area contributed by atoms with E-state index in [-0.39, 0.29) is 11.5 Å². The predicted octanol–water partition coefficient (Wildman–Crippen LogP) is 5.33. The molecule has 2 N–H and O–H groups in total. The predicted molar refractivity (Wildman–Crippen MR) is 131 cm³/mol. The Kier molecular flexibility index (Phi) is 5.81. The maximum Gasteiger partial charge on any atom is 0.133 e. The van der Waals surface area contributed by atoms with Crippen molar-refractivity contribution >= 4 is 29.0 Å². The fraction of sp³-hybridized carbons (Fsp3) is 0.615. The summed E-state index contributed by atoms with van der Waals surface area (Å²) < 4.78 is 0. The quantitative estimate of drug-likeness (QED) is 0.577. The SMILES string of the molecule is OC(CNc1ncnc2c1CCN(Cc1ccc(Cl)c(Cl)c1)C2)C12CC3CC(CC(C3)C1)C2. The van der Waals surface area contributed by atoms with Gasteiger partial charge in [-0.25, -0.2) is 9.97 Å². The van der Waals surface area contributed by atoms with Crippen molar-refractivity contribution in [2.75, 3.05) is 18.4 Å². The number of rotatable bonds is 6. The van der Waals surface area contributed by atoms with E-state index in [1.165, 1.54) is 44.1 Å². The molecule has 4 bridgehead atoms. The molecule has 2 heterocycles. The van der Waals surface area contributed by atoms with Gasteiger partial charge in [-0.15, -0.1) is 0 Å². The van der Waals surface area contributed by atoms with Crippen molar-refractivity contribution in [3.63, 3.8) is 0 Å². The smallest absolute Gasteiger partial charge is 0.133 e. The van der Waals surface area contributed by atoms with Crippen molar-refractivity contribution in [3.05, 3.63) is 51.4 Å². The fourth-order valence-corrected chi connectivity index (χ4v) is 7.91. The van der Waals surface area contributed by atoms with Crippen LogP contribution in [0.5, 0.6) is 0 Å². The molecule has 1 atom stereocenters. The largest absolute Gasteiger partial charge is 0.391 e. The van der Waals surface area contributed by atoms with E-state index in [0.29, 0.717) is 16.6 Å². The Bertz CT molecular complexity index is 1010. The third-order valence-electron chi connectivity index (χ3n) is 8.73. The lowest BCUT2D eigenvalue weighted by atomic mass is 9.48. The first-order valence-electron chi connectivity index (χ1n) is 12.4. The second kappa shape index (κ2) is 8.67. The van der Waals surface area contributed by atoms with Gasteiger partial charge < -0.3 is 10.4 Å². The van der Waals surface area contributed by atoms with Gasteiger partial charge >= 0.3 is 0 Å². The molecule has 5 aliphatic rings. The molecular weight excluding hydrogens is 455 g/mol. The van der Waals surface area contributed by atoms with Crippen LogP contribution in [0.2, 0.25) is 10.0 Å². The van der Waals surface area contributed by atoms with E-state index < -0.39 is 0 Å². The highest BCUT2D eigenvalue weighted by Gasteiger charge is 2.53. The number of aromatic nitrogens is 2. The maximum atomic E-state index is 11.3. The Hall–Kier alpha value is -1.40. The first kappa shape index (κ1) is 22.1. The molecule has 2 aromatic rings. The second-order valence-electron chi connectivity index (χ2n) is 11.0. The van der Waals surface area contributed by atoms with Crippen molar-refractivity contribution in [1.29, 1.82) is 0 Å². The van der Waals surface area contributed by atoms with Crippen LogP contribution in [0.1, 0.15) is 55.3 Å². The highest BCUT2D eigenvalue weighted by atomic mass is 35.5. The molecule has 33 heavy (non-hydrogen) atoms. The third kappa shape index (κ3) is 4.27. The first-order valence-corrected chi connectivity index (χ1v) is 13.1. The van der Waals surface area contributed by atoms with Crippen LogP contribution in [0.25, 0.3) is 0 Å². The van der Waals surface area contributed by atoms with Crippen LogP contribution in [-0.4, -0.2) is 39.2 Å². The Morgan fingerprint density at radius 2 is 1.79 bits per heavy atom. The van der Waals surface area contributed by atoms with Crippen molar-refractivity contribution in [1.82, 2.24) is 14.9 Å². The van der Waals surface area contributed by atoms with Crippen molar-refractivity contribution < 1.29 is 5.11 Å². The van der Waals surface area contributed by atoms with Gasteiger partial charge in [0.15, 0.2) is 0 Å². The summed E-state index contributed by atoms with van der Waals surface area (Å²) in [6, 6.07) is 5.83. The zero-order chi connectivity index (χ0) is 22.6. The monoisotopic (exact) mass is 486 g/mol. The highest BCUT2D eigenvalue weighted by Crippen LogP contribution is 2.61. The van der Waals surface area contributed by atoms with Crippen molar-refractivity contribution in [2.45, 2.75) is 64.1 Å². The second-order valence-corrected chi connectivity index (χ2v) is 11.8. The summed E-state index contributed by atoms with van der Waals surface area (Å²) in [5, 5.41) is 16.0. The molecule has 0 saturated heterocycles. The summed E-state index contributed by atoms with van der Waals surface area (Å²) in [5.41, 5.74) is 3.55. The number of hydrogen-bond acceptors (Lipinski definition) is 5. The standard InChI is InChI=1S/C26H32Cl2N4O/c27-21-2-1-16(8-22(21)28)13-32-4-3-20-23(14-32)30-15-31-25(20)29-12-24(33)26-9-17-5-18(10-26)7-19(6-17)11-26/h1-2,8,15,17-19,24,33H,3-7,9-14H2,(H,29,30,31). The van der Waals surface area contributed by atoms with Gasteiger partial charge in [0.05, 0.1) is 21.8 Å². The topological polar surface area (TPSA) is 61.3 Å². The first-order chi connectivity index (χ1) is 16.0. The summed E-state index contributed by atoms with van der Waals surface area (Å²) >= 11 is 12.3. The zero-order valence-electron chi connectivity index (χ0n) is 18.9. The average Bonchev–Trinajstić information content (AvgIpc) is 2.79. The molecule has 5 nitrogen and oxygen atoms in total. The average molecular weight is 487 g/mol. The van der Waals surface area contributed by atoms with Crippen LogP contribution < -0.4 is 5.32 Å². The van der Waals surface area contributed by atoms with Gasteiger partial charge in [0.1, 0.15) is 12.1 Å². The minimum atomic E-state index is -0.300. The van der Waals surface area contributed by atoms with Gasteiger partial charge in [0.2, 0.25) is 0 Å². The number of halogens is 2. The summed E-state index contributed by atoms with van der Waals surface area (Å²) in [5.74, 6) is 3.44. The molecule has 4 saturated carbocycles.